The SMILES string of the molecule is Cl.NCC(=O)N1CCCN(C(=O)c2cc3c(cn2)sc2ccccc23)CC1. The van der Waals surface area contributed by atoms with E-state index < -0.39 is 0 Å². The molecule has 1 aromatic carbocycles. The number of fused-ring (bicyclic) bond motifs is 3. The molecule has 0 spiro atoms. The van der Waals surface area contributed by atoms with Gasteiger partial charge in [-0.25, -0.2) is 4.98 Å². The predicted octanol–water partition coefficient (Wildman–Crippen LogP) is 2.50. The Morgan fingerprint density at radius 2 is 1.78 bits per heavy atom. The molecule has 1 fully saturated rings. The van der Waals surface area contributed by atoms with Crippen LogP contribution in [0.5, 0.6) is 0 Å². The molecule has 0 aliphatic carbocycles. The van der Waals surface area contributed by atoms with Crippen LogP contribution in [0.4, 0.5) is 0 Å². The number of hydrogen-bond donors (Lipinski definition) is 1. The third-order valence-electron chi connectivity index (χ3n) is 4.79. The smallest absolute Gasteiger partial charge is 0.272 e. The molecule has 142 valence electrons. The van der Waals surface area contributed by atoms with E-state index in [9.17, 15) is 9.59 Å². The average molecular weight is 405 g/mol. The molecule has 4 rings (SSSR count). The highest BCUT2D eigenvalue weighted by molar-refractivity contribution is 7.25. The molecule has 0 atom stereocenters. The molecule has 8 heteroatoms. The molecule has 27 heavy (non-hydrogen) atoms. The van der Waals surface area contributed by atoms with Crippen molar-refractivity contribution in [1.82, 2.24) is 14.8 Å². The summed E-state index contributed by atoms with van der Waals surface area (Å²) in [5, 5.41) is 2.22. The van der Waals surface area contributed by atoms with Gasteiger partial charge in [0.25, 0.3) is 5.91 Å². The van der Waals surface area contributed by atoms with Crippen molar-refractivity contribution in [2.24, 2.45) is 5.73 Å². The number of hydrogen-bond acceptors (Lipinski definition) is 5. The van der Waals surface area contributed by atoms with Crippen LogP contribution < -0.4 is 5.73 Å². The fourth-order valence-corrected chi connectivity index (χ4v) is 4.46. The minimum Gasteiger partial charge on any atom is -0.340 e. The fourth-order valence-electron chi connectivity index (χ4n) is 3.41. The maximum Gasteiger partial charge on any atom is 0.272 e. The zero-order valence-electron chi connectivity index (χ0n) is 14.8. The Balaban J connectivity index is 0.00000210. The summed E-state index contributed by atoms with van der Waals surface area (Å²) >= 11 is 1.68. The van der Waals surface area contributed by atoms with Crippen LogP contribution in [0.3, 0.4) is 0 Å². The minimum absolute atomic E-state index is 0. The van der Waals surface area contributed by atoms with Crippen LogP contribution in [0.1, 0.15) is 16.9 Å². The number of benzene rings is 1. The summed E-state index contributed by atoms with van der Waals surface area (Å²) in [7, 11) is 0. The molecule has 1 aliphatic rings. The zero-order valence-corrected chi connectivity index (χ0v) is 16.4. The normalized spacial score (nSPS) is 14.9. The molecule has 3 heterocycles. The summed E-state index contributed by atoms with van der Waals surface area (Å²) in [6, 6.07) is 10.1. The number of thiophene rings is 1. The summed E-state index contributed by atoms with van der Waals surface area (Å²) in [6.45, 7) is 2.30. The number of carbonyl (C=O) groups excluding carboxylic acids is 2. The largest absolute Gasteiger partial charge is 0.340 e. The second-order valence-electron chi connectivity index (χ2n) is 6.39. The van der Waals surface area contributed by atoms with Crippen LogP contribution in [-0.2, 0) is 4.79 Å². The van der Waals surface area contributed by atoms with Crippen LogP contribution in [-0.4, -0.2) is 59.3 Å². The molecule has 0 radical (unpaired) electrons. The number of aromatic nitrogens is 1. The first kappa shape index (κ1) is 19.5. The van der Waals surface area contributed by atoms with Gasteiger partial charge in [0, 0.05) is 47.8 Å². The van der Waals surface area contributed by atoms with Crippen molar-refractivity contribution in [3.8, 4) is 0 Å². The first-order valence-corrected chi connectivity index (χ1v) is 9.53. The molecule has 1 saturated heterocycles. The van der Waals surface area contributed by atoms with Crippen molar-refractivity contribution in [3.05, 3.63) is 42.2 Å². The molecule has 2 aromatic heterocycles. The Morgan fingerprint density at radius 1 is 1.04 bits per heavy atom. The quantitative estimate of drug-likeness (QED) is 0.711. The average Bonchev–Trinajstić information content (AvgIpc) is 2.86. The number of amides is 2. The van der Waals surface area contributed by atoms with Crippen LogP contribution in [0, 0.1) is 0 Å². The van der Waals surface area contributed by atoms with Gasteiger partial charge in [0.15, 0.2) is 0 Å². The molecule has 6 nitrogen and oxygen atoms in total. The van der Waals surface area contributed by atoms with E-state index in [1.54, 1.807) is 27.3 Å². The molecule has 3 aromatic rings. The molecule has 1 aliphatic heterocycles. The van der Waals surface area contributed by atoms with Crippen LogP contribution in [0.2, 0.25) is 0 Å². The molecular weight excluding hydrogens is 384 g/mol. The zero-order chi connectivity index (χ0) is 18.1. The van der Waals surface area contributed by atoms with Crippen LogP contribution in [0.25, 0.3) is 20.2 Å². The standard InChI is InChI=1S/C19H20N4O2S.ClH/c20-11-18(24)22-6-3-7-23(9-8-22)19(25)15-10-14-13-4-1-2-5-16(13)26-17(14)12-21-15;/h1-2,4-5,10,12H,3,6-9,11,20H2;1H. The van der Waals surface area contributed by atoms with Gasteiger partial charge in [-0.3, -0.25) is 9.59 Å². The molecular formula is C19H21ClN4O2S. The van der Waals surface area contributed by atoms with E-state index in [-0.39, 0.29) is 30.8 Å². The van der Waals surface area contributed by atoms with Gasteiger partial charge in [0.2, 0.25) is 5.91 Å². The summed E-state index contributed by atoms with van der Waals surface area (Å²) in [6.07, 6.45) is 2.54. The minimum atomic E-state index is -0.0794. The number of halogens is 1. The Kier molecular flexibility index (Phi) is 5.94. The van der Waals surface area contributed by atoms with Crippen molar-refractivity contribution >= 4 is 55.7 Å². The van der Waals surface area contributed by atoms with Crippen molar-refractivity contribution in [1.29, 1.82) is 0 Å². The lowest BCUT2D eigenvalue weighted by Crippen LogP contribution is -2.40. The molecule has 0 bridgehead atoms. The van der Waals surface area contributed by atoms with Crippen molar-refractivity contribution in [2.75, 3.05) is 32.7 Å². The first-order chi connectivity index (χ1) is 12.7. The van der Waals surface area contributed by atoms with Gasteiger partial charge in [0.1, 0.15) is 5.69 Å². The number of carbonyl (C=O) groups is 2. The Bertz CT molecular complexity index is 990. The lowest BCUT2D eigenvalue weighted by molar-refractivity contribution is -0.129. The Labute approximate surface area is 167 Å². The highest BCUT2D eigenvalue weighted by Gasteiger charge is 2.23. The molecule has 0 unspecified atom stereocenters. The summed E-state index contributed by atoms with van der Waals surface area (Å²) in [5.74, 6) is -0.146. The van der Waals surface area contributed by atoms with Gasteiger partial charge in [-0.1, -0.05) is 18.2 Å². The van der Waals surface area contributed by atoms with Crippen LogP contribution >= 0.6 is 23.7 Å². The van der Waals surface area contributed by atoms with E-state index in [2.05, 4.69) is 17.1 Å². The summed E-state index contributed by atoms with van der Waals surface area (Å²) in [5.41, 5.74) is 5.90. The van der Waals surface area contributed by atoms with E-state index in [1.165, 1.54) is 4.70 Å². The van der Waals surface area contributed by atoms with Crippen molar-refractivity contribution < 1.29 is 9.59 Å². The number of nitrogens with zero attached hydrogens (tertiary/aromatic N) is 3. The third kappa shape index (κ3) is 3.76. The molecule has 0 saturated carbocycles. The predicted molar refractivity (Wildman–Crippen MR) is 111 cm³/mol. The summed E-state index contributed by atoms with van der Waals surface area (Å²) < 4.78 is 2.28. The van der Waals surface area contributed by atoms with E-state index in [4.69, 9.17) is 5.73 Å². The lowest BCUT2D eigenvalue weighted by atomic mass is 10.1. The van der Waals surface area contributed by atoms with E-state index in [0.717, 1.165) is 21.9 Å². The second kappa shape index (κ2) is 8.21. The van der Waals surface area contributed by atoms with E-state index >= 15 is 0 Å². The third-order valence-corrected chi connectivity index (χ3v) is 5.92. The van der Waals surface area contributed by atoms with Gasteiger partial charge in [-0.05, 0) is 18.6 Å². The van der Waals surface area contributed by atoms with Gasteiger partial charge < -0.3 is 15.5 Å². The van der Waals surface area contributed by atoms with Gasteiger partial charge >= 0.3 is 0 Å². The molecule has 2 amide bonds. The topological polar surface area (TPSA) is 79.5 Å². The van der Waals surface area contributed by atoms with E-state index in [0.29, 0.717) is 31.9 Å². The van der Waals surface area contributed by atoms with Gasteiger partial charge in [-0.2, -0.15) is 0 Å². The highest BCUT2D eigenvalue weighted by atomic mass is 35.5. The number of rotatable bonds is 2. The highest BCUT2D eigenvalue weighted by Crippen LogP contribution is 2.33. The Hall–Kier alpha value is -2.22. The maximum atomic E-state index is 12.9. The summed E-state index contributed by atoms with van der Waals surface area (Å²) in [4.78, 5) is 32.6. The maximum absolute atomic E-state index is 12.9. The van der Waals surface area contributed by atoms with Crippen LogP contribution in [0.15, 0.2) is 36.5 Å². The second-order valence-corrected chi connectivity index (χ2v) is 7.48. The Morgan fingerprint density at radius 3 is 2.59 bits per heavy atom. The van der Waals surface area contributed by atoms with Crippen molar-refractivity contribution in [2.45, 2.75) is 6.42 Å². The number of nitrogens with two attached hydrogens (primary N) is 1. The van der Waals surface area contributed by atoms with Crippen molar-refractivity contribution in [3.63, 3.8) is 0 Å². The van der Waals surface area contributed by atoms with E-state index in [1.807, 2.05) is 18.2 Å². The molecule has 2 N–H and O–H groups in total. The first-order valence-electron chi connectivity index (χ1n) is 8.72. The monoisotopic (exact) mass is 404 g/mol. The number of pyridine rings is 1. The van der Waals surface area contributed by atoms with Gasteiger partial charge in [-0.15, -0.1) is 23.7 Å². The lowest BCUT2D eigenvalue weighted by Gasteiger charge is -2.21. The van der Waals surface area contributed by atoms with Gasteiger partial charge in [0.05, 0.1) is 11.2 Å². The fraction of sp³-hybridized carbons (Fsp3) is 0.316.